The number of halogens is 1. The van der Waals surface area contributed by atoms with Crippen molar-refractivity contribution in [3.8, 4) is 5.75 Å². The van der Waals surface area contributed by atoms with Crippen LogP contribution in [0.2, 0.25) is 0 Å². The van der Waals surface area contributed by atoms with Crippen LogP contribution in [-0.4, -0.2) is 7.05 Å². The Kier molecular flexibility index (Phi) is 4.58. The van der Waals surface area contributed by atoms with Crippen molar-refractivity contribution in [1.82, 2.24) is 5.32 Å². The average molecular weight is 362 g/mol. The van der Waals surface area contributed by atoms with Crippen molar-refractivity contribution in [3.63, 3.8) is 0 Å². The van der Waals surface area contributed by atoms with E-state index >= 15 is 0 Å². The van der Waals surface area contributed by atoms with E-state index in [0.717, 1.165) is 16.8 Å². The van der Waals surface area contributed by atoms with Gasteiger partial charge in [0.05, 0.1) is 4.88 Å². The monoisotopic (exact) mass is 361 g/mol. The number of fused-ring (bicyclic) bond motifs is 1. The van der Waals surface area contributed by atoms with Crippen LogP contribution in [0.3, 0.4) is 0 Å². The smallest absolute Gasteiger partial charge is 0.124 e. The topological polar surface area (TPSA) is 21.3 Å². The van der Waals surface area contributed by atoms with Gasteiger partial charge < -0.3 is 10.1 Å². The molecule has 3 aromatic rings. The number of benzene rings is 2. The summed E-state index contributed by atoms with van der Waals surface area (Å²) >= 11 is 5.25. The van der Waals surface area contributed by atoms with Crippen molar-refractivity contribution in [2.75, 3.05) is 7.05 Å². The van der Waals surface area contributed by atoms with Crippen molar-refractivity contribution in [1.29, 1.82) is 0 Å². The molecule has 0 unspecified atom stereocenters. The lowest BCUT2D eigenvalue weighted by atomic mass is 10.0. The largest absolute Gasteiger partial charge is 0.488 e. The Morgan fingerprint density at radius 3 is 2.76 bits per heavy atom. The van der Waals surface area contributed by atoms with Crippen LogP contribution in [0.1, 0.15) is 10.4 Å². The number of rotatable bonds is 5. The third-order valence-corrected chi connectivity index (χ3v) is 5.30. The van der Waals surface area contributed by atoms with Crippen molar-refractivity contribution in [3.05, 3.63) is 62.8 Å². The van der Waals surface area contributed by atoms with Gasteiger partial charge in [-0.05, 0) is 51.3 Å². The Morgan fingerprint density at radius 1 is 1.14 bits per heavy atom. The molecule has 108 valence electrons. The van der Waals surface area contributed by atoms with E-state index in [0.29, 0.717) is 6.61 Å². The number of thiophene rings is 1. The van der Waals surface area contributed by atoms with E-state index in [4.69, 9.17) is 4.74 Å². The lowest BCUT2D eigenvalue weighted by molar-refractivity contribution is 0.306. The molecule has 0 saturated carbocycles. The Morgan fingerprint density at radius 2 is 2.00 bits per heavy atom. The fraction of sp³-hybridized carbons (Fsp3) is 0.176. The molecule has 1 heterocycles. The number of nitrogens with one attached hydrogen (secondary N) is 1. The maximum absolute atomic E-state index is 6.06. The summed E-state index contributed by atoms with van der Waals surface area (Å²) < 4.78 is 7.18. The fourth-order valence-corrected chi connectivity index (χ4v) is 3.76. The predicted molar refractivity (Wildman–Crippen MR) is 93.1 cm³/mol. The Bertz CT molecular complexity index is 753. The first-order valence-corrected chi connectivity index (χ1v) is 8.46. The van der Waals surface area contributed by atoms with Gasteiger partial charge in [-0.3, -0.25) is 0 Å². The number of hydrogen-bond donors (Lipinski definition) is 1. The van der Waals surface area contributed by atoms with Crippen molar-refractivity contribution < 1.29 is 4.74 Å². The molecule has 0 bridgehead atoms. The van der Waals surface area contributed by atoms with Crippen LogP contribution < -0.4 is 10.1 Å². The summed E-state index contributed by atoms with van der Waals surface area (Å²) in [6.07, 6.45) is 0. The molecule has 0 aliphatic heterocycles. The maximum Gasteiger partial charge on any atom is 0.124 e. The summed E-state index contributed by atoms with van der Waals surface area (Å²) in [6, 6.07) is 14.7. The zero-order chi connectivity index (χ0) is 14.7. The molecule has 1 aromatic heterocycles. The van der Waals surface area contributed by atoms with Gasteiger partial charge in [0.25, 0.3) is 0 Å². The molecule has 2 nitrogen and oxygen atoms in total. The standard InChI is InChI=1S/C17H16BrNOS/c1-19-10-14-13-5-3-2-4-12(13)6-7-16(14)20-11-17-15(18)8-9-21-17/h2-9,19H,10-11H2,1H3. The van der Waals surface area contributed by atoms with E-state index in [1.165, 1.54) is 21.2 Å². The average Bonchev–Trinajstić information content (AvgIpc) is 2.92. The van der Waals surface area contributed by atoms with E-state index in [1.54, 1.807) is 11.3 Å². The zero-order valence-corrected chi connectivity index (χ0v) is 14.1. The van der Waals surface area contributed by atoms with Gasteiger partial charge in [-0.25, -0.2) is 0 Å². The molecule has 2 aromatic carbocycles. The molecule has 0 atom stereocenters. The fourth-order valence-electron chi connectivity index (χ4n) is 2.38. The van der Waals surface area contributed by atoms with Gasteiger partial charge >= 0.3 is 0 Å². The molecule has 0 radical (unpaired) electrons. The highest BCUT2D eigenvalue weighted by Gasteiger charge is 2.09. The van der Waals surface area contributed by atoms with Crippen LogP contribution in [0.25, 0.3) is 10.8 Å². The normalized spacial score (nSPS) is 11.0. The SMILES string of the molecule is CNCc1c(OCc2sccc2Br)ccc2ccccc12. The highest BCUT2D eigenvalue weighted by Crippen LogP contribution is 2.30. The zero-order valence-electron chi connectivity index (χ0n) is 11.7. The second-order valence-corrected chi connectivity index (χ2v) is 6.63. The van der Waals surface area contributed by atoms with Crippen LogP contribution in [0, 0.1) is 0 Å². The van der Waals surface area contributed by atoms with Gasteiger partial charge in [0.15, 0.2) is 0 Å². The molecule has 0 spiro atoms. The van der Waals surface area contributed by atoms with Crippen molar-refractivity contribution in [2.24, 2.45) is 0 Å². The van der Waals surface area contributed by atoms with Crippen LogP contribution >= 0.6 is 27.3 Å². The van der Waals surface area contributed by atoms with E-state index in [9.17, 15) is 0 Å². The Labute approximate surface area is 136 Å². The summed E-state index contributed by atoms with van der Waals surface area (Å²) in [5, 5.41) is 7.79. The molecule has 0 aliphatic rings. The molecule has 0 amide bonds. The minimum Gasteiger partial charge on any atom is -0.488 e. The van der Waals surface area contributed by atoms with Gasteiger partial charge in [0.1, 0.15) is 12.4 Å². The summed E-state index contributed by atoms with van der Waals surface area (Å²) in [5.74, 6) is 0.948. The molecule has 4 heteroatoms. The Balaban J connectivity index is 1.93. The van der Waals surface area contributed by atoms with E-state index in [2.05, 4.69) is 69.1 Å². The highest BCUT2D eigenvalue weighted by atomic mass is 79.9. The summed E-state index contributed by atoms with van der Waals surface area (Å²) in [6.45, 7) is 1.38. The van der Waals surface area contributed by atoms with Crippen LogP contribution in [-0.2, 0) is 13.2 Å². The van der Waals surface area contributed by atoms with Crippen LogP contribution in [0.15, 0.2) is 52.3 Å². The first-order valence-electron chi connectivity index (χ1n) is 6.79. The molecule has 0 aliphatic carbocycles. The van der Waals surface area contributed by atoms with Crippen LogP contribution in [0.4, 0.5) is 0 Å². The molecule has 0 fully saturated rings. The molecule has 3 rings (SSSR count). The molecule has 1 N–H and O–H groups in total. The van der Waals surface area contributed by atoms with Crippen LogP contribution in [0.5, 0.6) is 5.75 Å². The first kappa shape index (κ1) is 14.6. The van der Waals surface area contributed by atoms with Gasteiger partial charge in [0, 0.05) is 16.6 Å². The molecular formula is C17H16BrNOS. The molecule has 21 heavy (non-hydrogen) atoms. The highest BCUT2D eigenvalue weighted by molar-refractivity contribution is 9.10. The third-order valence-electron chi connectivity index (χ3n) is 3.40. The van der Waals surface area contributed by atoms with E-state index in [-0.39, 0.29) is 0 Å². The van der Waals surface area contributed by atoms with Gasteiger partial charge in [0.2, 0.25) is 0 Å². The predicted octanol–water partition coefficient (Wildman–Crippen LogP) is 4.96. The second kappa shape index (κ2) is 6.60. The Hall–Kier alpha value is -1.36. The van der Waals surface area contributed by atoms with E-state index in [1.807, 2.05) is 7.05 Å². The summed E-state index contributed by atoms with van der Waals surface area (Å²) in [5.41, 5.74) is 1.21. The minimum atomic E-state index is 0.591. The quantitative estimate of drug-likeness (QED) is 0.693. The number of ether oxygens (including phenoxy) is 1. The van der Waals surface area contributed by atoms with Crippen molar-refractivity contribution in [2.45, 2.75) is 13.2 Å². The molecular weight excluding hydrogens is 346 g/mol. The lowest BCUT2D eigenvalue weighted by Gasteiger charge is -2.14. The van der Waals surface area contributed by atoms with Gasteiger partial charge in [-0.2, -0.15) is 0 Å². The second-order valence-electron chi connectivity index (χ2n) is 4.77. The van der Waals surface area contributed by atoms with Crippen molar-refractivity contribution >= 4 is 38.0 Å². The first-order chi connectivity index (χ1) is 10.3. The summed E-state index contributed by atoms with van der Waals surface area (Å²) in [7, 11) is 1.96. The van der Waals surface area contributed by atoms with Gasteiger partial charge in [-0.15, -0.1) is 11.3 Å². The summed E-state index contributed by atoms with van der Waals surface area (Å²) in [4.78, 5) is 1.21. The lowest BCUT2D eigenvalue weighted by Crippen LogP contribution is -2.08. The minimum absolute atomic E-state index is 0.591. The third kappa shape index (κ3) is 3.12. The number of hydrogen-bond acceptors (Lipinski definition) is 3. The maximum atomic E-state index is 6.06. The molecule has 0 saturated heterocycles. The van der Waals surface area contributed by atoms with E-state index < -0.39 is 0 Å². The van der Waals surface area contributed by atoms with Gasteiger partial charge in [-0.1, -0.05) is 30.3 Å².